The highest BCUT2D eigenvalue weighted by molar-refractivity contribution is 5.83. The molecule has 0 aromatic carbocycles. The van der Waals surface area contributed by atoms with Crippen LogP contribution in [0.5, 0.6) is 0 Å². The predicted molar refractivity (Wildman–Crippen MR) is 112 cm³/mol. The van der Waals surface area contributed by atoms with E-state index < -0.39 is 0 Å². The molecule has 0 amide bonds. The van der Waals surface area contributed by atoms with Crippen LogP contribution in [0.25, 0.3) is 0 Å². The van der Waals surface area contributed by atoms with Crippen LogP contribution in [0.2, 0.25) is 0 Å². The second kappa shape index (κ2) is 16.9. The zero-order valence-electron chi connectivity index (χ0n) is 17.1. The average Bonchev–Trinajstić information content (AvgIpc) is 3.06. The summed E-state index contributed by atoms with van der Waals surface area (Å²) in [7, 11) is 0. The minimum atomic E-state index is 0.748. The van der Waals surface area contributed by atoms with E-state index in [9.17, 15) is 0 Å². The summed E-state index contributed by atoms with van der Waals surface area (Å²) in [5.41, 5.74) is 5.66. The minimum Gasteiger partial charge on any atom is -0.357 e. The van der Waals surface area contributed by atoms with Gasteiger partial charge in [0.15, 0.2) is 0 Å². The first kappa shape index (κ1) is 22.5. The summed E-state index contributed by atoms with van der Waals surface area (Å²) in [5.74, 6) is 1.32. The Morgan fingerprint density at radius 2 is 1.24 bits per heavy atom. The molecule has 0 saturated heterocycles. The van der Waals surface area contributed by atoms with Crippen LogP contribution in [-0.2, 0) is 0 Å². The van der Waals surface area contributed by atoms with Crippen LogP contribution in [0.15, 0.2) is 4.99 Å². The molecular weight excluding hydrogens is 306 g/mol. The monoisotopic (exact) mass is 351 g/mol. The Bertz CT molecular complexity index is 314. The van der Waals surface area contributed by atoms with Gasteiger partial charge in [0.05, 0.1) is 12.4 Å². The first-order valence-electron chi connectivity index (χ1n) is 11.4. The Balaban J connectivity index is 1.76. The van der Waals surface area contributed by atoms with Gasteiger partial charge in [0, 0.05) is 26.1 Å². The quantitative estimate of drug-likeness (QED) is 0.311. The van der Waals surface area contributed by atoms with Crippen molar-refractivity contribution in [2.24, 2.45) is 10.7 Å². The first-order chi connectivity index (χ1) is 12.4. The summed E-state index contributed by atoms with van der Waals surface area (Å²) in [6.07, 6.45) is 22.6. The van der Waals surface area contributed by atoms with Gasteiger partial charge in [-0.25, -0.2) is 0 Å². The van der Waals surface area contributed by atoms with Crippen molar-refractivity contribution < 1.29 is 0 Å². The van der Waals surface area contributed by atoms with Gasteiger partial charge in [0.25, 0.3) is 0 Å². The number of hydrogen-bond donors (Lipinski definition) is 1. The third-order valence-electron chi connectivity index (χ3n) is 5.43. The second-order valence-corrected chi connectivity index (χ2v) is 7.77. The van der Waals surface area contributed by atoms with Gasteiger partial charge in [-0.05, 0) is 6.42 Å². The normalized spacial score (nSPS) is 14.3. The molecule has 2 N–H and O–H groups in total. The van der Waals surface area contributed by atoms with Crippen LogP contribution >= 0.6 is 0 Å². The lowest BCUT2D eigenvalue weighted by Gasteiger charge is -2.19. The highest BCUT2D eigenvalue weighted by atomic mass is 15.2. The lowest BCUT2D eigenvalue weighted by Crippen LogP contribution is -2.32. The van der Waals surface area contributed by atoms with Crippen LogP contribution in [0.3, 0.4) is 0 Å². The van der Waals surface area contributed by atoms with Crippen molar-refractivity contribution in [3.05, 3.63) is 0 Å². The van der Waals surface area contributed by atoms with Crippen molar-refractivity contribution in [3.8, 4) is 0 Å². The molecule has 148 valence electrons. The van der Waals surface area contributed by atoms with Gasteiger partial charge < -0.3 is 10.6 Å². The van der Waals surface area contributed by atoms with Crippen LogP contribution in [0, 0.1) is 0 Å². The highest BCUT2D eigenvalue weighted by Crippen LogP contribution is 2.14. The van der Waals surface area contributed by atoms with E-state index in [0.717, 1.165) is 32.6 Å². The number of nitrogens with zero attached hydrogens (tertiary/aromatic N) is 2. The van der Waals surface area contributed by atoms with E-state index >= 15 is 0 Å². The summed E-state index contributed by atoms with van der Waals surface area (Å²) >= 11 is 0. The Morgan fingerprint density at radius 1 is 0.760 bits per heavy atom. The van der Waals surface area contributed by atoms with E-state index in [4.69, 9.17) is 5.73 Å². The summed E-state index contributed by atoms with van der Waals surface area (Å²) in [5, 5.41) is 0. The molecule has 3 nitrogen and oxygen atoms in total. The molecule has 1 heterocycles. The summed E-state index contributed by atoms with van der Waals surface area (Å²) in [6.45, 7) is 6.09. The summed E-state index contributed by atoms with van der Waals surface area (Å²) in [6, 6.07) is 0. The standard InChI is InChI=1S/C22H45N3/c1-2-3-4-5-6-7-8-9-10-11-12-13-14-15-16-17-22-24-19-21-25(22)20-18-23/h2-21,23H2,1H3. The smallest absolute Gasteiger partial charge is 0.0990 e. The molecule has 25 heavy (non-hydrogen) atoms. The fourth-order valence-corrected chi connectivity index (χ4v) is 3.82. The fraction of sp³-hybridized carbons (Fsp3) is 0.955. The lowest BCUT2D eigenvalue weighted by molar-refractivity contribution is 0.455. The minimum absolute atomic E-state index is 0.748. The first-order valence-corrected chi connectivity index (χ1v) is 11.4. The van der Waals surface area contributed by atoms with Gasteiger partial charge in [0.2, 0.25) is 0 Å². The molecule has 0 fully saturated rings. The van der Waals surface area contributed by atoms with Crippen molar-refractivity contribution in [1.29, 1.82) is 0 Å². The number of unbranched alkanes of at least 4 members (excludes halogenated alkanes) is 14. The van der Waals surface area contributed by atoms with Gasteiger partial charge in [-0.15, -0.1) is 0 Å². The second-order valence-electron chi connectivity index (χ2n) is 7.77. The molecule has 0 unspecified atom stereocenters. The van der Waals surface area contributed by atoms with Gasteiger partial charge in [-0.3, -0.25) is 4.99 Å². The molecular formula is C22H45N3. The molecule has 1 aliphatic rings. The van der Waals surface area contributed by atoms with Gasteiger partial charge in [-0.2, -0.15) is 0 Å². The van der Waals surface area contributed by atoms with Gasteiger partial charge >= 0.3 is 0 Å². The molecule has 0 saturated carbocycles. The van der Waals surface area contributed by atoms with Crippen LogP contribution in [-0.4, -0.2) is 36.9 Å². The molecule has 1 aliphatic heterocycles. The number of rotatable bonds is 18. The van der Waals surface area contributed by atoms with Gasteiger partial charge in [0.1, 0.15) is 0 Å². The third kappa shape index (κ3) is 12.4. The van der Waals surface area contributed by atoms with Crippen LogP contribution in [0.1, 0.15) is 110 Å². The maximum absolute atomic E-state index is 5.66. The summed E-state index contributed by atoms with van der Waals surface area (Å²) in [4.78, 5) is 7.00. The third-order valence-corrected chi connectivity index (χ3v) is 5.43. The number of hydrogen-bond acceptors (Lipinski definition) is 3. The molecule has 0 radical (unpaired) electrons. The summed E-state index contributed by atoms with van der Waals surface area (Å²) < 4.78 is 0. The van der Waals surface area contributed by atoms with E-state index in [2.05, 4.69) is 16.8 Å². The van der Waals surface area contributed by atoms with E-state index in [-0.39, 0.29) is 0 Å². The van der Waals surface area contributed by atoms with E-state index in [1.165, 1.54) is 102 Å². The molecule has 1 rings (SSSR count). The topological polar surface area (TPSA) is 41.6 Å². The number of nitrogens with two attached hydrogens (primary N) is 1. The molecule has 0 bridgehead atoms. The Morgan fingerprint density at radius 3 is 1.72 bits per heavy atom. The van der Waals surface area contributed by atoms with E-state index in [1.54, 1.807) is 0 Å². The maximum atomic E-state index is 5.66. The van der Waals surface area contributed by atoms with Crippen molar-refractivity contribution >= 4 is 5.84 Å². The lowest BCUT2D eigenvalue weighted by atomic mass is 10.0. The molecule has 0 atom stereocenters. The Kier molecular flexibility index (Phi) is 15.2. The largest absolute Gasteiger partial charge is 0.357 e. The molecule has 0 aliphatic carbocycles. The van der Waals surface area contributed by atoms with Crippen molar-refractivity contribution in [2.75, 3.05) is 26.2 Å². The van der Waals surface area contributed by atoms with Crippen molar-refractivity contribution in [2.45, 2.75) is 110 Å². The Hall–Kier alpha value is -0.570. The fourth-order valence-electron chi connectivity index (χ4n) is 3.82. The Labute approximate surface area is 157 Å². The predicted octanol–water partition coefficient (Wildman–Crippen LogP) is 5.92. The molecule has 0 aromatic heterocycles. The molecule has 0 aromatic rings. The maximum Gasteiger partial charge on any atom is 0.0990 e. The SMILES string of the molecule is CCCCCCCCCCCCCCCCCC1=NCCN1CCN. The van der Waals surface area contributed by atoms with Crippen LogP contribution < -0.4 is 5.73 Å². The molecule has 0 spiro atoms. The highest BCUT2D eigenvalue weighted by Gasteiger charge is 2.14. The van der Waals surface area contributed by atoms with E-state index in [1.807, 2.05) is 0 Å². The molecule has 3 heteroatoms. The zero-order chi connectivity index (χ0) is 18.0. The zero-order valence-corrected chi connectivity index (χ0v) is 17.1. The number of aliphatic imine (C=N–C) groups is 1. The van der Waals surface area contributed by atoms with E-state index in [0.29, 0.717) is 0 Å². The number of amidine groups is 1. The average molecular weight is 352 g/mol. The van der Waals surface area contributed by atoms with Gasteiger partial charge in [-0.1, -0.05) is 96.8 Å². The van der Waals surface area contributed by atoms with Crippen molar-refractivity contribution in [1.82, 2.24) is 4.90 Å². The van der Waals surface area contributed by atoms with Crippen LogP contribution in [0.4, 0.5) is 0 Å². The van der Waals surface area contributed by atoms with Crippen molar-refractivity contribution in [3.63, 3.8) is 0 Å².